The monoisotopic (exact) mass is 343 g/mol. The van der Waals surface area contributed by atoms with E-state index in [1.807, 2.05) is 0 Å². The minimum Gasteiger partial charge on any atom is -0.481 e. The number of nitrogens with zero attached hydrogens (tertiary/aromatic N) is 1. The fraction of sp³-hybridized carbons (Fsp3) is 0.842. The maximum absolute atomic E-state index is 10.8. The Hall–Kier alpha value is -1.39. The summed E-state index contributed by atoms with van der Waals surface area (Å²) < 4.78 is 4.53. The third-order valence-electron chi connectivity index (χ3n) is 3.56. The van der Waals surface area contributed by atoms with Crippen LogP contribution < -0.4 is 0 Å². The highest BCUT2D eigenvalue weighted by molar-refractivity contribution is 5.85. The summed E-state index contributed by atoms with van der Waals surface area (Å²) in [5.74, 6) is -0.961. The molecule has 0 rings (SSSR count). The SMILES string of the molecule is CCC(=O)O.CCCCCCCCCCCCN=CCC(=O)OC. The third kappa shape index (κ3) is 25.6. The summed E-state index contributed by atoms with van der Waals surface area (Å²) >= 11 is 0. The Morgan fingerprint density at radius 1 is 0.917 bits per heavy atom. The maximum atomic E-state index is 10.8. The molecule has 5 heteroatoms. The van der Waals surface area contributed by atoms with Crippen molar-refractivity contribution in [1.29, 1.82) is 0 Å². The van der Waals surface area contributed by atoms with Gasteiger partial charge in [-0.05, 0) is 6.42 Å². The van der Waals surface area contributed by atoms with E-state index in [-0.39, 0.29) is 12.4 Å². The first kappa shape index (κ1) is 24.9. The van der Waals surface area contributed by atoms with Crippen LogP contribution in [0.1, 0.15) is 90.9 Å². The number of ether oxygens (including phenoxy) is 1. The minimum atomic E-state index is -0.745. The van der Waals surface area contributed by atoms with E-state index in [9.17, 15) is 9.59 Å². The van der Waals surface area contributed by atoms with E-state index < -0.39 is 5.97 Å². The molecule has 0 aliphatic heterocycles. The summed E-state index contributed by atoms with van der Waals surface area (Å²) in [6.07, 6.45) is 15.6. The van der Waals surface area contributed by atoms with Gasteiger partial charge in [0.05, 0.1) is 13.5 Å². The Balaban J connectivity index is 0. The molecule has 0 aliphatic rings. The molecule has 0 spiro atoms. The third-order valence-corrected chi connectivity index (χ3v) is 3.56. The van der Waals surface area contributed by atoms with Crippen LogP contribution in [0, 0.1) is 0 Å². The van der Waals surface area contributed by atoms with Crippen LogP contribution in [0.5, 0.6) is 0 Å². The van der Waals surface area contributed by atoms with Gasteiger partial charge in [0.15, 0.2) is 0 Å². The predicted molar refractivity (Wildman–Crippen MR) is 99.8 cm³/mol. The quantitative estimate of drug-likeness (QED) is 0.273. The number of carbonyl (C=O) groups is 2. The lowest BCUT2D eigenvalue weighted by molar-refractivity contribution is -0.139. The molecule has 0 radical (unpaired) electrons. The van der Waals surface area contributed by atoms with E-state index in [1.54, 1.807) is 13.1 Å². The maximum Gasteiger partial charge on any atom is 0.310 e. The highest BCUT2D eigenvalue weighted by Crippen LogP contribution is 2.10. The molecular formula is C19H37NO4. The number of unbranched alkanes of at least 4 members (excludes halogenated alkanes) is 9. The van der Waals surface area contributed by atoms with Crippen LogP contribution in [0.15, 0.2) is 4.99 Å². The lowest BCUT2D eigenvalue weighted by Gasteiger charge is -2.01. The van der Waals surface area contributed by atoms with Gasteiger partial charge in [-0.2, -0.15) is 0 Å². The Morgan fingerprint density at radius 2 is 1.38 bits per heavy atom. The van der Waals surface area contributed by atoms with Gasteiger partial charge >= 0.3 is 11.9 Å². The van der Waals surface area contributed by atoms with Gasteiger partial charge in [-0.1, -0.05) is 71.6 Å². The number of carboxylic acid groups (broad SMARTS) is 1. The Labute approximate surface area is 147 Å². The van der Waals surface area contributed by atoms with Crippen LogP contribution in [-0.2, 0) is 14.3 Å². The number of aliphatic imine (C=N–C) groups is 1. The molecule has 0 aliphatic carbocycles. The minimum absolute atomic E-state index is 0.216. The van der Waals surface area contributed by atoms with E-state index in [1.165, 1.54) is 64.9 Å². The number of carboxylic acids is 1. The molecule has 0 heterocycles. The topological polar surface area (TPSA) is 76.0 Å². The van der Waals surface area contributed by atoms with Crippen molar-refractivity contribution in [2.24, 2.45) is 4.99 Å². The van der Waals surface area contributed by atoms with Gasteiger partial charge in [-0.15, -0.1) is 0 Å². The molecule has 0 aromatic heterocycles. The zero-order chi connectivity index (χ0) is 18.5. The number of esters is 1. The van der Waals surface area contributed by atoms with Gasteiger partial charge in [-0.3, -0.25) is 14.6 Å². The van der Waals surface area contributed by atoms with Crippen molar-refractivity contribution in [3.8, 4) is 0 Å². The number of carbonyl (C=O) groups excluding carboxylic acids is 1. The highest BCUT2D eigenvalue weighted by Gasteiger charge is 1.94. The van der Waals surface area contributed by atoms with Gasteiger partial charge in [0, 0.05) is 19.2 Å². The molecule has 5 nitrogen and oxygen atoms in total. The van der Waals surface area contributed by atoms with Crippen molar-refractivity contribution < 1.29 is 19.4 Å². The molecule has 1 N–H and O–H groups in total. The Morgan fingerprint density at radius 3 is 1.79 bits per heavy atom. The summed E-state index contributed by atoms with van der Waals surface area (Å²) in [6, 6.07) is 0. The number of hydrogen-bond donors (Lipinski definition) is 1. The molecule has 0 unspecified atom stereocenters. The zero-order valence-electron chi connectivity index (χ0n) is 15.9. The molecule has 0 bridgehead atoms. The normalized spacial score (nSPS) is 10.3. The average molecular weight is 344 g/mol. The Kier molecular flexibility index (Phi) is 22.4. The largest absolute Gasteiger partial charge is 0.481 e. The molecule has 0 amide bonds. The van der Waals surface area contributed by atoms with Crippen LogP contribution in [0.25, 0.3) is 0 Å². The smallest absolute Gasteiger partial charge is 0.310 e. The van der Waals surface area contributed by atoms with Gasteiger partial charge in [0.25, 0.3) is 0 Å². The standard InChI is InChI=1S/C16H31NO2.C3H6O2/c1-3-4-5-6-7-8-9-10-11-12-14-17-15-13-16(18)19-2;1-2-3(4)5/h15H,3-14H2,1-2H3;2H2,1H3,(H,4,5). The first-order chi connectivity index (χ1) is 11.6. The fourth-order valence-corrected chi connectivity index (χ4v) is 2.00. The second-order valence-electron chi connectivity index (χ2n) is 5.80. The van der Waals surface area contributed by atoms with Crippen molar-refractivity contribution >= 4 is 18.2 Å². The number of methoxy groups -OCH3 is 1. The first-order valence-electron chi connectivity index (χ1n) is 9.35. The summed E-state index contributed by atoms with van der Waals surface area (Å²) in [5, 5.41) is 7.72. The molecule has 0 atom stereocenters. The first-order valence-corrected chi connectivity index (χ1v) is 9.35. The molecule has 0 saturated carbocycles. The van der Waals surface area contributed by atoms with Crippen molar-refractivity contribution in [1.82, 2.24) is 0 Å². The molecule has 0 aromatic rings. The van der Waals surface area contributed by atoms with Crippen LogP contribution in [0.2, 0.25) is 0 Å². The highest BCUT2D eigenvalue weighted by atomic mass is 16.5. The van der Waals surface area contributed by atoms with Crippen LogP contribution in [0.3, 0.4) is 0 Å². The van der Waals surface area contributed by atoms with Crippen molar-refractivity contribution in [3.63, 3.8) is 0 Å². The van der Waals surface area contributed by atoms with Gasteiger partial charge in [-0.25, -0.2) is 0 Å². The van der Waals surface area contributed by atoms with E-state index in [4.69, 9.17) is 5.11 Å². The molecule has 142 valence electrons. The molecular weight excluding hydrogens is 306 g/mol. The lowest BCUT2D eigenvalue weighted by atomic mass is 10.1. The van der Waals surface area contributed by atoms with Crippen molar-refractivity contribution in [3.05, 3.63) is 0 Å². The van der Waals surface area contributed by atoms with Crippen LogP contribution >= 0.6 is 0 Å². The molecule has 0 fully saturated rings. The predicted octanol–water partition coefficient (Wildman–Crippen LogP) is 5.02. The van der Waals surface area contributed by atoms with Crippen LogP contribution in [-0.4, -0.2) is 36.9 Å². The molecule has 24 heavy (non-hydrogen) atoms. The van der Waals surface area contributed by atoms with E-state index in [2.05, 4.69) is 16.7 Å². The summed E-state index contributed by atoms with van der Waals surface area (Å²) in [6.45, 7) is 4.70. The van der Waals surface area contributed by atoms with Gasteiger partial charge in [0.2, 0.25) is 0 Å². The summed E-state index contributed by atoms with van der Waals surface area (Å²) in [5.41, 5.74) is 0. The zero-order valence-corrected chi connectivity index (χ0v) is 15.9. The molecule has 0 aromatic carbocycles. The number of aliphatic carboxylic acids is 1. The summed E-state index contributed by atoms with van der Waals surface area (Å²) in [4.78, 5) is 24.4. The van der Waals surface area contributed by atoms with Gasteiger partial charge < -0.3 is 9.84 Å². The van der Waals surface area contributed by atoms with Gasteiger partial charge in [0.1, 0.15) is 0 Å². The summed E-state index contributed by atoms with van der Waals surface area (Å²) in [7, 11) is 1.40. The second kappa shape index (κ2) is 21.6. The second-order valence-corrected chi connectivity index (χ2v) is 5.80. The lowest BCUT2D eigenvalue weighted by Crippen LogP contribution is -2.00. The Bertz CT molecular complexity index is 316. The van der Waals surface area contributed by atoms with Crippen LogP contribution in [0.4, 0.5) is 0 Å². The fourth-order valence-electron chi connectivity index (χ4n) is 2.00. The van der Waals surface area contributed by atoms with E-state index >= 15 is 0 Å². The molecule has 0 saturated heterocycles. The number of hydrogen-bond acceptors (Lipinski definition) is 4. The van der Waals surface area contributed by atoms with Crippen molar-refractivity contribution in [2.75, 3.05) is 13.7 Å². The van der Waals surface area contributed by atoms with E-state index in [0.29, 0.717) is 6.42 Å². The number of rotatable bonds is 14. The van der Waals surface area contributed by atoms with Crippen molar-refractivity contribution in [2.45, 2.75) is 90.9 Å². The van der Waals surface area contributed by atoms with E-state index in [0.717, 1.165) is 13.0 Å². The average Bonchev–Trinajstić information content (AvgIpc) is 2.59.